The summed E-state index contributed by atoms with van der Waals surface area (Å²) in [6, 6.07) is 4.73. The molecule has 22 heavy (non-hydrogen) atoms. The quantitative estimate of drug-likeness (QED) is 0.920. The third kappa shape index (κ3) is 4.10. The Morgan fingerprint density at radius 1 is 1.41 bits per heavy atom. The van der Waals surface area contributed by atoms with Gasteiger partial charge in [0, 0.05) is 12.6 Å². The van der Waals surface area contributed by atoms with Gasteiger partial charge in [0.1, 0.15) is 5.76 Å². The van der Waals surface area contributed by atoms with Gasteiger partial charge in [-0.05, 0) is 57.8 Å². The lowest BCUT2D eigenvalue weighted by Gasteiger charge is -2.26. The molecule has 3 heterocycles. The van der Waals surface area contributed by atoms with Crippen molar-refractivity contribution in [2.24, 2.45) is 0 Å². The second kappa shape index (κ2) is 8.11. The van der Waals surface area contributed by atoms with Crippen LogP contribution in [0.3, 0.4) is 0 Å². The molecule has 0 aromatic carbocycles. The average Bonchev–Trinajstić information content (AvgIpc) is 3.02. The van der Waals surface area contributed by atoms with Crippen molar-refractivity contribution in [2.45, 2.75) is 38.8 Å². The lowest BCUT2D eigenvalue weighted by atomic mass is 10.1. The summed E-state index contributed by atoms with van der Waals surface area (Å²) in [5.74, 6) is 1.70. The van der Waals surface area contributed by atoms with Crippen LogP contribution in [0, 0.1) is 6.92 Å². The van der Waals surface area contributed by atoms with Crippen LogP contribution in [0.25, 0.3) is 10.8 Å². The van der Waals surface area contributed by atoms with Crippen LogP contribution < -0.4 is 5.32 Å². The topological polar surface area (TPSA) is 41.3 Å². The van der Waals surface area contributed by atoms with E-state index in [4.69, 9.17) is 9.40 Å². The number of nitrogens with zero attached hydrogens (tertiary/aromatic N) is 2. The van der Waals surface area contributed by atoms with Gasteiger partial charge in [-0.2, -0.15) is 0 Å². The van der Waals surface area contributed by atoms with E-state index in [1.54, 1.807) is 11.3 Å². The molecule has 1 unspecified atom stereocenters. The fourth-order valence-corrected chi connectivity index (χ4v) is 3.54. The molecule has 1 N–H and O–H groups in total. The molecule has 1 fully saturated rings. The molecule has 122 valence electrons. The zero-order valence-electron chi connectivity index (χ0n) is 13.2. The summed E-state index contributed by atoms with van der Waals surface area (Å²) in [5, 5.41) is 5.53. The van der Waals surface area contributed by atoms with E-state index in [9.17, 15) is 0 Å². The van der Waals surface area contributed by atoms with Gasteiger partial charge in [0.2, 0.25) is 5.89 Å². The van der Waals surface area contributed by atoms with Gasteiger partial charge in [0.25, 0.3) is 0 Å². The number of oxazole rings is 1. The number of aryl methyl sites for hydroxylation is 1. The number of halogens is 1. The van der Waals surface area contributed by atoms with Crippen LogP contribution in [-0.4, -0.2) is 36.1 Å². The van der Waals surface area contributed by atoms with Gasteiger partial charge in [-0.1, -0.05) is 6.07 Å². The zero-order valence-corrected chi connectivity index (χ0v) is 14.8. The highest BCUT2D eigenvalue weighted by molar-refractivity contribution is 7.13. The predicted octanol–water partition coefficient (Wildman–Crippen LogP) is 3.71. The van der Waals surface area contributed by atoms with Gasteiger partial charge < -0.3 is 9.73 Å². The molecule has 1 aliphatic rings. The highest BCUT2D eigenvalue weighted by Crippen LogP contribution is 2.26. The highest BCUT2D eigenvalue weighted by atomic mass is 35.5. The first kappa shape index (κ1) is 17.5. The second-order valence-electron chi connectivity index (χ2n) is 5.75. The van der Waals surface area contributed by atoms with Crippen molar-refractivity contribution >= 4 is 23.7 Å². The van der Waals surface area contributed by atoms with Crippen molar-refractivity contribution in [3.8, 4) is 10.8 Å². The minimum atomic E-state index is 0. The number of hydrogen-bond donors (Lipinski definition) is 1. The maximum absolute atomic E-state index is 5.83. The molecule has 4 nitrogen and oxygen atoms in total. The van der Waals surface area contributed by atoms with Crippen molar-refractivity contribution < 1.29 is 4.42 Å². The largest absolute Gasteiger partial charge is 0.440 e. The number of nitrogens with one attached hydrogen (secondary N) is 1. The molecule has 1 aliphatic heterocycles. The maximum atomic E-state index is 5.83. The van der Waals surface area contributed by atoms with Gasteiger partial charge >= 0.3 is 0 Å². The molecular weight excluding hydrogens is 318 g/mol. The van der Waals surface area contributed by atoms with Crippen LogP contribution >= 0.6 is 23.7 Å². The molecule has 0 radical (unpaired) electrons. The summed E-state index contributed by atoms with van der Waals surface area (Å²) in [4.78, 5) is 8.23. The SMILES string of the molecule is Cc1oc(-c2cccs2)nc1CN(C)C1CCCNCC1.Cl. The summed E-state index contributed by atoms with van der Waals surface area (Å²) >= 11 is 1.67. The zero-order chi connectivity index (χ0) is 14.7. The van der Waals surface area contributed by atoms with Crippen LogP contribution in [0.5, 0.6) is 0 Å². The van der Waals surface area contributed by atoms with E-state index in [0.717, 1.165) is 41.9 Å². The molecule has 1 atom stereocenters. The summed E-state index contributed by atoms with van der Waals surface area (Å²) in [6.45, 7) is 5.15. The summed E-state index contributed by atoms with van der Waals surface area (Å²) in [6.07, 6.45) is 3.73. The standard InChI is InChI=1S/C16H23N3OS.ClH/c1-12-14(18-16(20-12)15-6-4-10-21-15)11-19(2)13-5-3-8-17-9-7-13;/h4,6,10,13,17H,3,5,7-9,11H2,1-2H3;1H. The Bertz CT molecular complexity index is 562. The van der Waals surface area contributed by atoms with Gasteiger partial charge in [0.05, 0.1) is 10.6 Å². The molecule has 0 bridgehead atoms. The summed E-state index contributed by atoms with van der Waals surface area (Å²) in [7, 11) is 2.20. The molecule has 0 spiro atoms. The number of rotatable bonds is 4. The first-order chi connectivity index (χ1) is 10.2. The molecule has 0 amide bonds. The van der Waals surface area contributed by atoms with E-state index < -0.39 is 0 Å². The molecule has 2 aromatic heterocycles. The van der Waals surface area contributed by atoms with E-state index >= 15 is 0 Å². The van der Waals surface area contributed by atoms with Crippen molar-refractivity contribution in [3.63, 3.8) is 0 Å². The fourth-order valence-electron chi connectivity index (χ4n) is 2.89. The van der Waals surface area contributed by atoms with Crippen LogP contribution in [0.1, 0.15) is 30.7 Å². The third-order valence-corrected chi connectivity index (χ3v) is 5.05. The van der Waals surface area contributed by atoms with Gasteiger partial charge in [-0.25, -0.2) is 4.98 Å². The summed E-state index contributed by atoms with van der Waals surface area (Å²) < 4.78 is 5.83. The highest BCUT2D eigenvalue weighted by Gasteiger charge is 2.20. The van der Waals surface area contributed by atoms with Crippen molar-refractivity contribution in [1.29, 1.82) is 0 Å². The Kier molecular flexibility index (Phi) is 6.44. The van der Waals surface area contributed by atoms with Crippen molar-refractivity contribution in [3.05, 3.63) is 29.0 Å². The molecule has 0 saturated carbocycles. The second-order valence-corrected chi connectivity index (χ2v) is 6.70. The van der Waals surface area contributed by atoms with E-state index in [0.29, 0.717) is 6.04 Å². The van der Waals surface area contributed by atoms with Crippen LogP contribution in [-0.2, 0) is 6.54 Å². The molecule has 6 heteroatoms. The average molecular weight is 342 g/mol. The van der Waals surface area contributed by atoms with E-state index in [1.807, 2.05) is 13.0 Å². The van der Waals surface area contributed by atoms with E-state index in [-0.39, 0.29) is 12.4 Å². The maximum Gasteiger partial charge on any atom is 0.236 e. The number of hydrogen-bond acceptors (Lipinski definition) is 5. The predicted molar refractivity (Wildman–Crippen MR) is 93.8 cm³/mol. The smallest absolute Gasteiger partial charge is 0.236 e. The Balaban J connectivity index is 0.00000176. The lowest BCUT2D eigenvalue weighted by molar-refractivity contribution is 0.213. The first-order valence-electron chi connectivity index (χ1n) is 7.65. The van der Waals surface area contributed by atoms with Crippen molar-refractivity contribution in [2.75, 3.05) is 20.1 Å². The van der Waals surface area contributed by atoms with Crippen LogP contribution in [0.2, 0.25) is 0 Å². The molecule has 2 aromatic rings. The van der Waals surface area contributed by atoms with Crippen LogP contribution in [0.15, 0.2) is 21.9 Å². The molecule has 1 saturated heterocycles. The van der Waals surface area contributed by atoms with E-state index in [1.165, 1.54) is 19.3 Å². The third-order valence-electron chi connectivity index (χ3n) is 4.19. The lowest BCUT2D eigenvalue weighted by Crippen LogP contribution is -2.32. The fraction of sp³-hybridized carbons (Fsp3) is 0.562. The van der Waals surface area contributed by atoms with E-state index in [2.05, 4.69) is 28.7 Å². The molecule has 3 rings (SSSR count). The summed E-state index contributed by atoms with van der Waals surface area (Å²) in [5.41, 5.74) is 1.07. The monoisotopic (exact) mass is 341 g/mol. The molecule has 0 aliphatic carbocycles. The molecular formula is C16H24ClN3OS. The first-order valence-corrected chi connectivity index (χ1v) is 8.53. The Morgan fingerprint density at radius 3 is 3.05 bits per heavy atom. The number of aromatic nitrogens is 1. The Labute approximate surface area is 142 Å². The van der Waals surface area contributed by atoms with Gasteiger partial charge in [-0.3, -0.25) is 4.90 Å². The van der Waals surface area contributed by atoms with Crippen LogP contribution in [0.4, 0.5) is 0 Å². The minimum absolute atomic E-state index is 0. The Morgan fingerprint density at radius 2 is 2.27 bits per heavy atom. The normalized spacial score (nSPS) is 19.0. The van der Waals surface area contributed by atoms with Crippen molar-refractivity contribution in [1.82, 2.24) is 15.2 Å². The van der Waals surface area contributed by atoms with Gasteiger partial charge in [-0.15, -0.1) is 23.7 Å². The number of thiophene rings is 1. The minimum Gasteiger partial charge on any atom is -0.440 e. The Hall–Kier alpha value is -0.880. The van der Waals surface area contributed by atoms with Gasteiger partial charge in [0.15, 0.2) is 0 Å².